The standard InChI is InChI=1S/C12H19N3OS2/c1-2-16-10-5-9(6-14-7-10)12(15-13)11-8-17-3-4-18-11/h5-7,11-12,15H,2-4,8,13H2,1H3. The van der Waals surface area contributed by atoms with Crippen LogP contribution in [0.15, 0.2) is 18.5 Å². The first kappa shape index (κ1) is 14.0. The summed E-state index contributed by atoms with van der Waals surface area (Å²) in [6.45, 7) is 2.62. The normalized spacial score (nSPS) is 21.6. The largest absolute Gasteiger partial charge is 0.492 e. The van der Waals surface area contributed by atoms with Crippen molar-refractivity contribution in [3.8, 4) is 5.75 Å². The van der Waals surface area contributed by atoms with E-state index < -0.39 is 0 Å². The molecule has 1 fully saturated rings. The monoisotopic (exact) mass is 285 g/mol. The number of thioether (sulfide) groups is 2. The Morgan fingerprint density at radius 3 is 3.11 bits per heavy atom. The number of hydrogen-bond donors (Lipinski definition) is 2. The van der Waals surface area contributed by atoms with Gasteiger partial charge in [-0.2, -0.15) is 23.5 Å². The molecule has 0 aromatic carbocycles. The molecule has 0 spiro atoms. The number of rotatable bonds is 5. The SMILES string of the molecule is CCOc1cncc(C(NN)C2CSCCS2)c1. The molecule has 100 valence electrons. The minimum Gasteiger partial charge on any atom is -0.492 e. The van der Waals surface area contributed by atoms with Crippen LogP contribution >= 0.6 is 23.5 Å². The lowest BCUT2D eigenvalue weighted by Crippen LogP contribution is -2.37. The predicted molar refractivity (Wildman–Crippen MR) is 79.0 cm³/mol. The third kappa shape index (κ3) is 3.54. The maximum atomic E-state index is 5.72. The highest BCUT2D eigenvalue weighted by molar-refractivity contribution is 8.06. The molecule has 4 nitrogen and oxygen atoms in total. The first-order valence-electron chi connectivity index (χ1n) is 6.08. The number of nitrogens with two attached hydrogens (primary N) is 1. The van der Waals surface area contributed by atoms with Gasteiger partial charge < -0.3 is 4.74 Å². The summed E-state index contributed by atoms with van der Waals surface area (Å²) in [5.41, 5.74) is 4.03. The molecule has 1 aromatic heterocycles. The molecule has 0 bridgehead atoms. The highest BCUT2D eigenvalue weighted by Crippen LogP contribution is 2.33. The Hall–Kier alpha value is -0.430. The molecule has 0 radical (unpaired) electrons. The van der Waals surface area contributed by atoms with Gasteiger partial charge in [-0.3, -0.25) is 16.3 Å². The minimum atomic E-state index is 0.135. The summed E-state index contributed by atoms with van der Waals surface area (Å²) in [5.74, 6) is 10.1. The van der Waals surface area contributed by atoms with Crippen LogP contribution in [0.25, 0.3) is 0 Å². The molecule has 3 N–H and O–H groups in total. The van der Waals surface area contributed by atoms with Gasteiger partial charge in [0, 0.05) is 28.7 Å². The summed E-state index contributed by atoms with van der Waals surface area (Å²) in [6, 6.07) is 2.16. The van der Waals surface area contributed by atoms with Crippen LogP contribution in [0.3, 0.4) is 0 Å². The third-order valence-corrected chi connectivity index (χ3v) is 5.66. The highest BCUT2D eigenvalue weighted by Gasteiger charge is 2.25. The fourth-order valence-electron chi connectivity index (χ4n) is 1.97. The Labute approximate surface area is 116 Å². The fourth-order valence-corrected chi connectivity index (χ4v) is 4.82. The van der Waals surface area contributed by atoms with Gasteiger partial charge in [-0.1, -0.05) is 0 Å². The zero-order valence-electron chi connectivity index (χ0n) is 10.5. The number of hydrazine groups is 1. The smallest absolute Gasteiger partial charge is 0.137 e. The zero-order chi connectivity index (χ0) is 12.8. The van der Waals surface area contributed by atoms with Gasteiger partial charge in [0.05, 0.1) is 18.8 Å². The van der Waals surface area contributed by atoms with Gasteiger partial charge in [0.2, 0.25) is 0 Å². The van der Waals surface area contributed by atoms with Crippen molar-refractivity contribution in [2.75, 3.05) is 23.9 Å². The van der Waals surface area contributed by atoms with E-state index in [0.717, 1.165) is 17.1 Å². The molecule has 1 saturated heterocycles. The van der Waals surface area contributed by atoms with E-state index in [2.05, 4.69) is 10.4 Å². The predicted octanol–water partition coefficient (Wildman–Crippen LogP) is 1.83. The Balaban J connectivity index is 2.12. The molecule has 1 aliphatic rings. The van der Waals surface area contributed by atoms with Gasteiger partial charge in [-0.05, 0) is 18.6 Å². The summed E-state index contributed by atoms with van der Waals surface area (Å²) in [5, 5.41) is 0.493. The number of hydrogen-bond acceptors (Lipinski definition) is 6. The van der Waals surface area contributed by atoms with Crippen molar-refractivity contribution < 1.29 is 4.74 Å². The molecule has 6 heteroatoms. The summed E-state index contributed by atoms with van der Waals surface area (Å²) < 4.78 is 5.49. The molecule has 2 rings (SSSR count). The first-order chi connectivity index (χ1) is 8.85. The fraction of sp³-hybridized carbons (Fsp3) is 0.583. The summed E-state index contributed by atoms with van der Waals surface area (Å²) in [6.07, 6.45) is 3.61. The maximum absolute atomic E-state index is 5.72. The number of pyridine rings is 1. The van der Waals surface area contributed by atoms with E-state index >= 15 is 0 Å². The van der Waals surface area contributed by atoms with Gasteiger partial charge in [-0.25, -0.2) is 0 Å². The second-order valence-electron chi connectivity index (χ2n) is 4.02. The summed E-state index contributed by atoms with van der Waals surface area (Å²) >= 11 is 3.97. The molecular formula is C12H19N3OS2. The molecular weight excluding hydrogens is 266 g/mol. The lowest BCUT2D eigenvalue weighted by atomic mass is 10.1. The second kappa shape index (κ2) is 7.23. The Morgan fingerprint density at radius 1 is 1.56 bits per heavy atom. The van der Waals surface area contributed by atoms with E-state index in [1.54, 1.807) is 6.20 Å². The van der Waals surface area contributed by atoms with Crippen molar-refractivity contribution >= 4 is 23.5 Å². The van der Waals surface area contributed by atoms with Crippen LogP contribution in [0.2, 0.25) is 0 Å². The van der Waals surface area contributed by atoms with E-state index in [4.69, 9.17) is 10.6 Å². The van der Waals surface area contributed by atoms with Gasteiger partial charge in [0.25, 0.3) is 0 Å². The topological polar surface area (TPSA) is 60.2 Å². The molecule has 18 heavy (non-hydrogen) atoms. The van der Waals surface area contributed by atoms with Crippen LogP contribution in [0, 0.1) is 0 Å². The van der Waals surface area contributed by atoms with E-state index in [0.29, 0.717) is 11.9 Å². The summed E-state index contributed by atoms with van der Waals surface area (Å²) in [4.78, 5) is 4.23. The van der Waals surface area contributed by atoms with Crippen molar-refractivity contribution in [1.29, 1.82) is 0 Å². The maximum Gasteiger partial charge on any atom is 0.137 e. The van der Waals surface area contributed by atoms with Crippen molar-refractivity contribution in [2.45, 2.75) is 18.2 Å². The molecule has 1 aromatic rings. The second-order valence-corrected chi connectivity index (χ2v) is 6.51. The average Bonchev–Trinajstić information content (AvgIpc) is 2.42. The quantitative estimate of drug-likeness (QED) is 0.636. The van der Waals surface area contributed by atoms with Crippen LogP contribution in [0.5, 0.6) is 5.75 Å². The highest BCUT2D eigenvalue weighted by atomic mass is 32.2. The molecule has 0 aliphatic carbocycles. The van der Waals surface area contributed by atoms with Crippen LogP contribution in [-0.2, 0) is 0 Å². The van der Waals surface area contributed by atoms with Crippen molar-refractivity contribution in [1.82, 2.24) is 10.4 Å². The van der Waals surface area contributed by atoms with Crippen LogP contribution in [0.4, 0.5) is 0 Å². The molecule has 1 aliphatic heterocycles. The number of ether oxygens (including phenoxy) is 1. The van der Waals surface area contributed by atoms with Gasteiger partial charge >= 0.3 is 0 Å². The third-order valence-electron chi connectivity index (χ3n) is 2.80. The number of aromatic nitrogens is 1. The number of nitrogens with zero attached hydrogens (tertiary/aromatic N) is 1. The molecule has 0 saturated carbocycles. The van der Waals surface area contributed by atoms with Crippen molar-refractivity contribution in [2.24, 2.45) is 5.84 Å². The lowest BCUT2D eigenvalue weighted by molar-refractivity contribution is 0.338. The lowest BCUT2D eigenvalue weighted by Gasteiger charge is -2.29. The van der Waals surface area contributed by atoms with Gasteiger partial charge in [-0.15, -0.1) is 0 Å². The molecule has 2 unspecified atom stereocenters. The van der Waals surface area contributed by atoms with Crippen LogP contribution in [0.1, 0.15) is 18.5 Å². The minimum absolute atomic E-state index is 0.135. The van der Waals surface area contributed by atoms with Crippen LogP contribution < -0.4 is 16.0 Å². The Bertz CT molecular complexity index is 372. The molecule has 2 heterocycles. The molecule has 2 atom stereocenters. The van der Waals surface area contributed by atoms with Crippen molar-refractivity contribution in [3.05, 3.63) is 24.0 Å². The van der Waals surface area contributed by atoms with Gasteiger partial charge in [0.1, 0.15) is 5.75 Å². The van der Waals surface area contributed by atoms with E-state index in [-0.39, 0.29) is 6.04 Å². The average molecular weight is 285 g/mol. The van der Waals surface area contributed by atoms with E-state index in [1.807, 2.05) is 42.7 Å². The Kier molecular flexibility index (Phi) is 5.62. The molecule has 0 amide bonds. The summed E-state index contributed by atoms with van der Waals surface area (Å²) in [7, 11) is 0. The van der Waals surface area contributed by atoms with E-state index in [9.17, 15) is 0 Å². The number of nitrogens with one attached hydrogen (secondary N) is 1. The van der Waals surface area contributed by atoms with Crippen molar-refractivity contribution in [3.63, 3.8) is 0 Å². The van der Waals surface area contributed by atoms with Crippen LogP contribution in [-0.4, -0.2) is 34.1 Å². The first-order valence-corrected chi connectivity index (χ1v) is 8.28. The van der Waals surface area contributed by atoms with E-state index in [1.165, 1.54) is 11.5 Å². The zero-order valence-corrected chi connectivity index (χ0v) is 12.1. The Morgan fingerprint density at radius 2 is 2.44 bits per heavy atom. The van der Waals surface area contributed by atoms with Gasteiger partial charge in [0.15, 0.2) is 0 Å².